The van der Waals surface area contributed by atoms with Gasteiger partial charge >= 0.3 is 5.97 Å². The number of nitriles is 1. The topological polar surface area (TPSA) is 134 Å². The molecule has 0 radical (unpaired) electrons. The number of esters is 1. The number of carbonyl (C=O) groups excluding carboxylic acids is 2. The highest BCUT2D eigenvalue weighted by atomic mass is 16.7. The lowest BCUT2D eigenvalue weighted by atomic mass is 9.71. The number of phenolic OH excluding ortho intramolecular Hbond substituents is 1. The molecule has 4 aliphatic rings. The highest BCUT2D eigenvalue weighted by Gasteiger charge is 2.56. The van der Waals surface area contributed by atoms with E-state index in [2.05, 4.69) is 21.2 Å². The number of benzene rings is 2. The molecule has 1 amide bonds. The Labute approximate surface area is 250 Å². The molecule has 4 aliphatic heterocycles. The SMILES string of the molecule is CC=CC(=O)NC[C@H]1c2c(c(OC(C)=O)c(C)c3c2OCO3)CC2[C@H]3c4c(cc(C)c(OC)c4O)C[C@@H]([C@H](C#N)N21)N3C. The molecule has 0 aromatic heterocycles. The van der Waals surface area contributed by atoms with Crippen molar-refractivity contribution in [2.75, 3.05) is 27.5 Å². The lowest BCUT2D eigenvalue weighted by Crippen LogP contribution is -2.68. The highest BCUT2D eigenvalue weighted by Crippen LogP contribution is 2.58. The van der Waals surface area contributed by atoms with Gasteiger partial charge in [0.15, 0.2) is 23.0 Å². The molecule has 226 valence electrons. The van der Waals surface area contributed by atoms with E-state index in [1.54, 1.807) is 20.1 Å². The maximum Gasteiger partial charge on any atom is 0.308 e. The summed E-state index contributed by atoms with van der Waals surface area (Å²) in [4.78, 5) is 29.4. The molecule has 2 bridgehead atoms. The summed E-state index contributed by atoms with van der Waals surface area (Å²) in [6, 6.07) is 2.69. The summed E-state index contributed by atoms with van der Waals surface area (Å²) < 4.78 is 23.4. The zero-order valence-corrected chi connectivity index (χ0v) is 25.2. The standard InChI is InChI=1S/C32H36N4O7/c1-7-8-24(38)34-13-23-26-19(30(43-17(4)37)16(3)31-32(26)42-14-41-31)11-21-27-25-18(9-15(2)29(40-6)28(25)39)10-20(35(27)5)22(12-33)36(21)23/h7-9,20-23,27,39H,10-11,13-14H2,1-6H3,(H,34,38)/t20-,21?,22-,23-,27-/m0/s1. The van der Waals surface area contributed by atoms with Gasteiger partial charge in [0.05, 0.1) is 25.3 Å². The van der Waals surface area contributed by atoms with Gasteiger partial charge in [-0.05, 0) is 57.9 Å². The largest absolute Gasteiger partial charge is 0.504 e. The molecule has 11 nitrogen and oxygen atoms in total. The fraction of sp³-hybridized carbons (Fsp3) is 0.469. The van der Waals surface area contributed by atoms with Gasteiger partial charge in [-0.15, -0.1) is 0 Å². The molecule has 5 atom stereocenters. The number of amides is 1. The summed E-state index contributed by atoms with van der Waals surface area (Å²) in [5, 5.41) is 25.3. The Morgan fingerprint density at radius 1 is 1.19 bits per heavy atom. The molecule has 2 aromatic carbocycles. The maximum atomic E-state index is 12.7. The van der Waals surface area contributed by atoms with Crippen molar-refractivity contribution in [3.05, 3.63) is 51.6 Å². The van der Waals surface area contributed by atoms with Crippen LogP contribution in [0.2, 0.25) is 0 Å². The third-order valence-electron chi connectivity index (χ3n) is 9.30. The van der Waals surface area contributed by atoms with Crippen molar-refractivity contribution in [3.8, 4) is 34.8 Å². The Bertz CT molecular complexity index is 1600. The van der Waals surface area contributed by atoms with Crippen LogP contribution in [0.1, 0.15) is 59.3 Å². The zero-order valence-electron chi connectivity index (χ0n) is 25.2. The van der Waals surface area contributed by atoms with Crippen molar-refractivity contribution >= 4 is 11.9 Å². The lowest BCUT2D eigenvalue weighted by molar-refractivity contribution is -0.132. The van der Waals surface area contributed by atoms with Crippen LogP contribution in [-0.2, 0) is 22.4 Å². The van der Waals surface area contributed by atoms with Crippen LogP contribution >= 0.6 is 0 Å². The van der Waals surface area contributed by atoms with Gasteiger partial charge in [0.2, 0.25) is 12.7 Å². The minimum atomic E-state index is -0.558. The van der Waals surface area contributed by atoms with Crippen LogP contribution < -0.4 is 24.3 Å². The number of piperazine rings is 1. The smallest absolute Gasteiger partial charge is 0.308 e. The number of phenols is 1. The second kappa shape index (κ2) is 10.8. The second-order valence-electron chi connectivity index (χ2n) is 11.6. The second-order valence-corrected chi connectivity index (χ2v) is 11.6. The van der Waals surface area contributed by atoms with Crippen molar-refractivity contribution in [1.82, 2.24) is 15.1 Å². The van der Waals surface area contributed by atoms with Crippen molar-refractivity contribution in [3.63, 3.8) is 0 Å². The molecule has 1 saturated heterocycles. The number of carbonyl (C=O) groups is 2. The number of hydrogen-bond donors (Lipinski definition) is 2. The van der Waals surface area contributed by atoms with Crippen LogP contribution in [0, 0.1) is 25.2 Å². The molecule has 43 heavy (non-hydrogen) atoms. The molecule has 0 saturated carbocycles. The van der Waals surface area contributed by atoms with E-state index in [-0.39, 0.29) is 43.1 Å². The van der Waals surface area contributed by atoms with E-state index in [1.807, 2.05) is 27.0 Å². The van der Waals surface area contributed by atoms with Crippen LogP contribution in [-0.4, -0.2) is 72.4 Å². The Hall–Kier alpha value is -4.27. The average Bonchev–Trinajstić information content (AvgIpc) is 3.45. The lowest BCUT2D eigenvalue weighted by Gasteiger charge is -2.60. The molecule has 2 aromatic rings. The fourth-order valence-electron chi connectivity index (χ4n) is 7.72. The third kappa shape index (κ3) is 4.31. The summed E-state index contributed by atoms with van der Waals surface area (Å²) in [6.07, 6.45) is 4.06. The number of aryl methyl sites for hydroxylation is 1. The van der Waals surface area contributed by atoms with Gasteiger partial charge in [-0.2, -0.15) is 5.26 Å². The molecule has 1 fully saturated rings. The normalized spacial score (nSPS) is 25.4. The minimum Gasteiger partial charge on any atom is -0.504 e. The zero-order chi connectivity index (χ0) is 30.7. The van der Waals surface area contributed by atoms with Crippen LogP contribution in [0.25, 0.3) is 0 Å². The van der Waals surface area contributed by atoms with E-state index in [1.165, 1.54) is 13.0 Å². The first-order valence-corrected chi connectivity index (χ1v) is 14.4. The summed E-state index contributed by atoms with van der Waals surface area (Å²) in [5.74, 6) is 1.20. The van der Waals surface area contributed by atoms with Crippen molar-refractivity contribution in [2.24, 2.45) is 0 Å². The monoisotopic (exact) mass is 588 g/mol. The molecule has 0 aliphatic carbocycles. The van der Waals surface area contributed by atoms with Crippen LogP contribution in [0.3, 0.4) is 0 Å². The molecular formula is C32H36N4O7. The Morgan fingerprint density at radius 3 is 2.60 bits per heavy atom. The average molecular weight is 589 g/mol. The molecule has 0 spiro atoms. The van der Waals surface area contributed by atoms with Crippen LogP contribution in [0.5, 0.6) is 28.7 Å². The highest BCUT2D eigenvalue weighted by molar-refractivity contribution is 5.87. The Balaban J connectivity index is 1.61. The van der Waals surface area contributed by atoms with Crippen molar-refractivity contribution < 1.29 is 33.6 Å². The number of rotatable bonds is 5. The van der Waals surface area contributed by atoms with E-state index in [0.717, 1.165) is 27.8 Å². The quantitative estimate of drug-likeness (QED) is 0.305. The van der Waals surface area contributed by atoms with Crippen LogP contribution in [0.4, 0.5) is 0 Å². The number of aromatic hydroxyl groups is 1. The molecular weight excluding hydrogens is 552 g/mol. The van der Waals surface area contributed by atoms with Gasteiger partial charge in [-0.25, -0.2) is 0 Å². The first kappa shape index (κ1) is 28.8. The van der Waals surface area contributed by atoms with Crippen molar-refractivity contribution in [1.29, 1.82) is 5.26 Å². The predicted molar refractivity (Wildman–Crippen MR) is 155 cm³/mol. The summed E-state index contributed by atoms with van der Waals surface area (Å²) in [6.45, 7) is 7.03. The van der Waals surface area contributed by atoms with Gasteiger partial charge < -0.3 is 29.4 Å². The number of allylic oxidation sites excluding steroid dienone is 1. The van der Waals surface area contributed by atoms with E-state index in [9.17, 15) is 20.0 Å². The fourth-order valence-corrected chi connectivity index (χ4v) is 7.72. The number of nitrogens with zero attached hydrogens (tertiary/aromatic N) is 3. The third-order valence-corrected chi connectivity index (χ3v) is 9.30. The summed E-state index contributed by atoms with van der Waals surface area (Å²) in [7, 11) is 3.53. The first-order valence-electron chi connectivity index (χ1n) is 14.4. The van der Waals surface area contributed by atoms with E-state index in [4.69, 9.17) is 18.9 Å². The number of fused-ring (bicyclic) bond motifs is 9. The summed E-state index contributed by atoms with van der Waals surface area (Å²) >= 11 is 0. The van der Waals surface area contributed by atoms with E-state index in [0.29, 0.717) is 41.4 Å². The number of methoxy groups -OCH3 is 1. The molecule has 2 N–H and O–H groups in total. The van der Waals surface area contributed by atoms with Gasteiger partial charge in [0, 0.05) is 47.8 Å². The van der Waals surface area contributed by atoms with E-state index < -0.39 is 18.1 Å². The van der Waals surface area contributed by atoms with Gasteiger partial charge in [0.25, 0.3) is 0 Å². The predicted octanol–water partition coefficient (Wildman–Crippen LogP) is 3.14. The van der Waals surface area contributed by atoms with Crippen molar-refractivity contribution in [2.45, 2.75) is 70.7 Å². The first-order chi connectivity index (χ1) is 20.6. The van der Waals surface area contributed by atoms with Gasteiger partial charge in [-0.1, -0.05) is 12.1 Å². The van der Waals surface area contributed by atoms with Gasteiger partial charge in [-0.3, -0.25) is 19.4 Å². The van der Waals surface area contributed by atoms with E-state index >= 15 is 0 Å². The molecule has 4 heterocycles. The van der Waals surface area contributed by atoms with Gasteiger partial charge in [0.1, 0.15) is 11.8 Å². The number of nitrogens with one attached hydrogen (secondary N) is 1. The Morgan fingerprint density at radius 2 is 1.93 bits per heavy atom. The van der Waals surface area contributed by atoms with Crippen LogP contribution in [0.15, 0.2) is 18.2 Å². The number of hydrogen-bond acceptors (Lipinski definition) is 10. The summed E-state index contributed by atoms with van der Waals surface area (Å²) in [5.41, 5.74) is 4.71. The molecule has 11 heteroatoms. The number of ether oxygens (including phenoxy) is 4. The Kier molecular flexibility index (Phi) is 7.22. The maximum absolute atomic E-state index is 12.7. The number of likely N-dealkylation sites (N-methyl/N-ethyl adjacent to an activating group) is 1. The molecule has 6 rings (SSSR count). The molecule has 1 unspecified atom stereocenters. The minimum absolute atomic E-state index is 0.00325.